The van der Waals surface area contributed by atoms with E-state index in [-0.39, 0.29) is 5.78 Å². The lowest BCUT2D eigenvalue weighted by molar-refractivity contribution is -0.364. The van der Waals surface area contributed by atoms with E-state index in [2.05, 4.69) is 20.3 Å². The molecule has 82 valence electrons. The molecule has 0 spiro atoms. The minimum atomic E-state index is 0.0352. The number of aromatic amines is 1. The molecule has 0 aliphatic heterocycles. The van der Waals surface area contributed by atoms with Crippen molar-refractivity contribution in [2.45, 2.75) is 13.8 Å². The first-order valence-electron chi connectivity index (χ1n) is 4.75. The van der Waals surface area contributed by atoms with E-state index in [9.17, 15) is 4.79 Å². The van der Waals surface area contributed by atoms with Gasteiger partial charge >= 0.3 is 5.95 Å². The topological polar surface area (TPSA) is 69.0 Å². The molecule has 5 nitrogen and oxygen atoms in total. The van der Waals surface area contributed by atoms with Crippen molar-refractivity contribution in [1.29, 1.82) is 0 Å². The van der Waals surface area contributed by atoms with Gasteiger partial charge in [-0.05, 0) is 6.92 Å². The van der Waals surface area contributed by atoms with Crippen molar-refractivity contribution in [3.8, 4) is 0 Å². The summed E-state index contributed by atoms with van der Waals surface area (Å²) < 4.78 is 0. The second-order valence-electron chi connectivity index (χ2n) is 3.24. The molecular formula is C10H11N4OS+. The SMILES string of the molecule is CC(=O)c1sc(Nc2nccc[nH+]2)nc1C. The average molecular weight is 235 g/mol. The number of ketones is 1. The highest BCUT2D eigenvalue weighted by atomic mass is 32.1. The number of rotatable bonds is 3. The van der Waals surface area contributed by atoms with Crippen molar-refractivity contribution >= 4 is 28.2 Å². The minimum Gasteiger partial charge on any atom is -0.294 e. The first kappa shape index (κ1) is 10.7. The highest BCUT2D eigenvalue weighted by Crippen LogP contribution is 2.24. The Balaban J connectivity index is 2.23. The van der Waals surface area contributed by atoms with E-state index in [1.165, 1.54) is 18.3 Å². The zero-order valence-electron chi connectivity index (χ0n) is 8.94. The van der Waals surface area contributed by atoms with Crippen LogP contribution in [0.1, 0.15) is 22.3 Å². The predicted octanol–water partition coefficient (Wildman–Crippen LogP) is 1.61. The Labute approximate surface area is 96.6 Å². The zero-order chi connectivity index (χ0) is 11.5. The predicted molar refractivity (Wildman–Crippen MR) is 60.9 cm³/mol. The van der Waals surface area contributed by atoms with Crippen molar-refractivity contribution in [3.05, 3.63) is 29.0 Å². The van der Waals surface area contributed by atoms with E-state index in [4.69, 9.17) is 0 Å². The Morgan fingerprint density at radius 1 is 1.56 bits per heavy atom. The highest BCUT2D eigenvalue weighted by Gasteiger charge is 2.14. The Morgan fingerprint density at radius 2 is 2.38 bits per heavy atom. The van der Waals surface area contributed by atoms with Crippen molar-refractivity contribution in [1.82, 2.24) is 9.97 Å². The number of thiazole rings is 1. The van der Waals surface area contributed by atoms with Crippen molar-refractivity contribution in [2.24, 2.45) is 0 Å². The molecule has 0 saturated carbocycles. The number of carbonyl (C=O) groups excluding carboxylic acids is 1. The van der Waals surface area contributed by atoms with Gasteiger partial charge in [0.05, 0.1) is 16.8 Å². The maximum Gasteiger partial charge on any atom is 0.395 e. The first-order chi connectivity index (χ1) is 7.66. The van der Waals surface area contributed by atoms with Crippen LogP contribution < -0.4 is 10.3 Å². The van der Waals surface area contributed by atoms with Crippen molar-refractivity contribution in [2.75, 3.05) is 5.32 Å². The van der Waals surface area contributed by atoms with E-state index in [1.54, 1.807) is 18.5 Å². The van der Waals surface area contributed by atoms with Crippen LogP contribution in [-0.4, -0.2) is 15.8 Å². The third-order valence-electron chi connectivity index (χ3n) is 1.95. The molecule has 6 heteroatoms. The molecule has 0 aliphatic carbocycles. The van der Waals surface area contributed by atoms with Crippen LogP contribution in [0.2, 0.25) is 0 Å². The number of H-pyrrole nitrogens is 1. The van der Waals surface area contributed by atoms with Crippen molar-refractivity contribution in [3.63, 3.8) is 0 Å². The number of aryl methyl sites for hydroxylation is 1. The summed E-state index contributed by atoms with van der Waals surface area (Å²) in [4.78, 5) is 23.2. The number of hydrogen-bond acceptors (Lipinski definition) is 5. The van der Waals surface area contributed by atoms with Gasteiger partial charge in [0.2, 0.25) is 0 Å². The molecule has 0 unspecified atom stereocenters. The van der Waals surface area contributed by atoms with Crippen LogP contribution in [0.4, 0.5) is 11.1 Å². The zero-order valence-corrected chi connectivity index (χ0v) is 9.76. The molecule has 2 aromatic rings. The molecule has 2 N–H and O–H groups in total. The van der Waals surface area contributed by atoms with Crippen LogP contribution in [0.3, 0.4) is 0 Å². The van der Waals surface area contributed by atoms with E-state index in [0.717, 1.165) is 5.69 Å². The summed E-state index contributed by atoms with van der Waals surface area (Å²) in [5, 5.41) is 3.67. The van der Waals surface area contributed by atoms with Gasteiger partial charge in [0.25, 0.3) is 5.13 Å². The number of Topliss-reactive ketones (excluding diaryl/α,β-unsaturated/α-hetero) is 1. The molecule has 0 amide bonds. The van der Waals surface area contributed by atoms with E-state index < -0.39 is 0 Å². The second-order valence-corrected chi connectivity index (χ2v) is 4.24. The quantitative estimate of drug-likeness (QED) is 0.820. The summed E-state index contributed by atoms with van der Waals surface area (Å²) >= 11 is 1.33. The number of carbonyl (C=O) groups is 1. The smallest absolute Gasteiger partial charge is 0.294 e. The van der Waals surface area contributed by atoms with Gasteiger partial charge < -0.3 is 0 Å². The molecule has 0 bridgehead atoms. The third-order valence-corrected chi connectivity index (χ3v) is 3.12. The fourth-order valence-electron chi connectivity index (χ4n) is 1.27. The highest BCUT2D eigenvalue weighted by molar-refractivity contribution is 7.17. The van der Waals surface area contributed by atoms with E-state index in [0.29, 0.717) is 16.0 Å². The molecule has 0 aromatic carbocycles. The molecule has 0 aliphatic rings. The molecule has 0 atom stereocenters. The Bertz CT molecular complexity index is 509. The monoisotopic (exact) mass is 235 g/mol. The van der Waals surface area contributed by atoms with Crippen LogP contribution in [0.25, 0.3) is 0 Å². The fourth-order valence-corrected chi connectivity index (χ4v) is 2.13. The summed E-state index contributed by atoms with van der Waals surface area (Å²) in [5.41, 5.74) is 0.746. The van der Waals surface area contributed by atoms with Crippen LogP contribution >= 0.6 is 11.3 Å². The molecule has 0 saturated heterocycles. The number of anilines is 2. The molecule has 2 heterocycles. The van der Waals surface area contributed by atoms with Gasteiger partial charge in [0.15, 0.2) is 5.78 Å². The van der Waals surface area contributed by atoms with Crippen LogP contribution in [0.15, 0.2) is 18.5 Å². The summed E-state index contributed by atoms with van der Waals surface area (Å²) in [7, 11) is 0. The van der Waals surface area contributed by atoms with Gasteiger partial charge in [-0.2, -0.15) is 0 Å². The van der Waals surface area contributed by atoms with E-state index in [1.807, 2.05) is 6.92 Å². The lowest BCUT2D eigenvalue weighted by atomic mass is 10.3. The summed E-state index contributed by atoms with van der Waals surface area (Å²) in [6.07, 6.45) is 3.44. The normalized spacial score (nSPS) is 10.1. The molecule has 0 fully saturated rings. The average Bonchev–Trinajstić information content (AvgIpc) is 2.61. The Kier molecular flexibility index (Phi) is 2.91. The number of nitrogens with one attached hydrogen (secondary N) is 2. The minimum absolute atomic E-state index is 0.0352. The molecule has 2 rings (SSSR count). The summed E-state index contributed by atoms with van der Waals surface area (Å²) in [6.45, 7) is 3.36. The van der Waals surface area contributed by atoms with Crippen LogP contribution in [-0.2, 0) is 0 Å². The van der Waals surface area contributed by atoms with Gasteiger partial charge in [-0.15, -0.1) is 0 Å². The van der Waals surface area contributed by atoms with Gasteiger partial charge in [-0.1, -0.05) is 16.3 Å². The lowest BCUT2D eigenvalue weighted by Crippen LogP contribution is -2.10. The molecule has 16 heavy (non-hydrogen) atoms. The maximum absolute atomic E-state index is 11.3. The van der Waals surface area contributed by atoms with Crippen LogP contribution in [0, 0.1) is 6.92 Å². The lowest BCUT2D eigenvalue weighted by Gasteiger charge is -1.89. The largest absolute Gasteiger partial charge is 0.395 e. The molecule has 0 radical (unpaired) electrons. The van der Waals surface area contributed by atoms with Gasteiger partial charge in [-0.3, -0.25) is 4.79 Å². The number of aromatic nitrogens is 3. The summed E-state index contributed by atoms with van der Waals surface area (Å²) in [6, 6.07) is 1.79. The molecule has 2 aromatic heterocycles. The third kappa shape index (κ3) is 2.22. The Morgan fingerprint density at radius 3 is 2.94 bits per heavy atom. The van der Waals surface area contributed by atoms with E-state index >= 15 is 0 Å². The first-order valence-corrected chi connectivity index (χ1v) is 5.56. The van der Waals surface area contributed by atoms with Crippen molar-refractivity contribution < 1.29 is 9.78 Å². The van der Waals surface area contributed by atoms with Crippen LogP contribution in [0.5, 0.6) is 0 Å². The maximum atomic E-state index is 11.3. The van der Waals surface area contributed by atoms with Gasteiger partial charge in [0.1, 0.15) is 6.20 Å². The fraction of sp³-hybridized carbons (Fsp3) is 0.200. The summed E-state index contributed by atoms with van der Waals surface area (Å²) in [5.74, 6) is 0.638. The van der Waals surface area contributed by atoms with Gasteiger partial charge in [-0.25, -0.2) is 15.3 Å². The standard InChI is InChI=1S/C10H10N4OS/c1-6-8(7(2)15)16-10(13-6)14-9-11-4-3-5-12-9/h3-5H,1-2H3,(H,11,12,13,14)/p+1. The second kappa shape index (κ2) is 4.36. The number of hydrogen-bond donors (Lipinski definition) is 1. The number of nitrogens with zero attached hydrogens (tertiary/aromatic N) is 2. The molecular weight excluding hydrogens is 224 g/mol. The van der Waals surface area contributed by atoms with Gasteiger partial charge in [0, 0.05) is 13.0 Å². The Hall–Kier alpha value is -1.82.